The minimum Gasteiger partial charge on any atom is -0.354 e. The highest BCUT2D eigenvalue weighted by Gasteiger charge is 2.32. The second-order valence-corrected chi connectivity index (χ2v) is 11.9. The second kappa shape index (κ2) is 13.3. The van der Waals surface area contributed by atoms with Crippen LogP contribution in [-0.2, 0) is 26.2 Å². The monoisotopic (exact) mass is 653 g/mol. The van der Waals surface area contributed by atoms with E-state index < -0.39 is 28.5 Å². The lowest BCUT2D eigenvalue weighted by Gasteiger charge is -2.32. The van der Waals surface area contributed by atoms with Gasteiger partial charge in [-0.3, -0.25) is 13.9 Å². The summed E-state index contributed by atoms with van der Waals surface area (Å²) in [5, 5.41) is 3.27. The van der Waals surface area contributed by atoms with Crippen molar-refractivity contribution < 1.29 is 18.0 Å². The number of anilines is 1. The van der Waals surface area contributed by atoms with E-state index in [0.29, 0.717) is 22.8 Å². The normalized spacial score (nSPS) is 12.0. The minimum atomic E-state index is -4.08. The number of hydrogen-bond donors (Lipinski definition) is 1. The van der Waals surface area contributed by atoms with Crippen LogP contribution in [0.4, 0.5) is 5.69 Å². The van der Waals surface area contributed by atoms with Crippen LogP contribution in [0.3, 0.4) is 0 Å². The van der Waals surface area contributed by atoms with E-state index in [0.717, 1.165) is 14.3 Å². The third-order valence-corrected chi connectivity index (χ3v) is 8.62. The van der Waals surface area contributed by atoms with Crippen molar-refractivity contribution in [3.05, 3.63) is 93.0 Å². The summed E-state index contributed by atoms with van der Waals surface area (Å²) < 4.78 is 29.4. The molecule has 0 bridgehead atoms. The fourth-order valence-electron chi connectivity index (χ4n) is 3.64. The molecule has 0 radical (unpaired) electrons. The van der Waals surface area contributed by atoms with Gasteiger partial charge >= 0.3 is 0 Å². The Morgan fingerprint density at radius 2 is 1.59 bits per heavy atom. The number of rotatable bonds is 11. The van der Waals surface area contributed by atoms with Gasteiger partial charge in [0.1, 0.15) is 12.6 Å². The van der Waals surface area contributed by atoms with Crippen LogP contribution in [0.2, 0.25) is 5.02 Å². The lowest BCUT2D eigenvalue weighted by Crippen LogP contribution is -2.51. The molecule has 0 aliphatic rings. The second-order valence-electron chi connectivity index (χ2n) is 8.38. The number of amides is 2. The molecule has 37 heavy (non-hydrogen) atoms. The molecule has 10 heteroatoms. The van der Waals surface area contributed by atoms with Crippen LogP contribution in [0, 0.1) is 3.57 Å². The molecular formula is C27H29ClIN3O4S. The molecule has 0 aromatic heterocycles. The quantitative estimate of drug-likeness (QED) is 0.293. The van der Waals surface area contributed by atoms with E-state index in [1.807, 2.05) is 6.92 Å². The Labute approximate surface area is 237 Å². The molecule has 3 aromatic carbocycles. The van der Waals surface area contributed by atoms with Gasteiger partial charge in [-0.05, 0) is 84.0 Å². The maximum absolute atomic E-state index is 13.8. The van der Waals surface area contributed by atoms with Gasteiger partial charge in [0.15, 0.2) is 0 Å². The van der Waals surface area contributed by atoms with Crippen molar-refractivity contribution in [2.75, 3.05) is 17.4 Å². The first-order valence-corrected chi connectivity index (χ1v) is 14.7. The lowest BCUT2D eigenvalue weighted by molar-refractivity contribution is -0.139. The van der Waals surface area contributed by atoms with Crippen molar-refractivity contribution >= 4 is 61.7 Å². The van der Waals surface area contributed by atoms with Crippen LogP contribution in [0.15, 0.2) is 83.8 Å². The van der Waals surface area contributed by atoms with Crippen molar-refractivity contribution in [3.8, 4) is 0 Å². The molecule has 3 rings (SSSR count). The zero-order chi connectivity index (χ0) is 27.0. The zero-order valence-electron chi connectivity index (χ0n) is 20.6. The lowest BCUT2D eigenvalue weighted by atomic mass is 10.1. The maximum Gasteiger partial charge on any atom is 0.264 e. The van der Waals surface area contributed by atoms with Gasteiger partial charge in [-0.25, -0.2) is 8.42 Å². The first kappa shape index (κ1) is 28.9. The van der Waals surface area contributed by atoms with E-state index in [-0.39, 0.29) is 17.3 Å². The summed E-state index contributed by atoms with van der Waals surface area (Å²) in [6.07, 6.45) is 0.743. The SMILES string of the molecule is CCCNC(=O)C(C)N(Cc1ccccc1Cl)C(=O)CN(c1ccc(I)cc1)S(=O)(=O)c1ccccc1. The number of nitrogens with one attached hydrogen (secondary N) is 1. The van der Waals surface area contributed by atoms with Crippen molar-refractivity contribution in [2.45, 2.75) is 37.8 Å². The standard InChI is InChI=1S/C27H29ClIN3O4S/c1-3-17-30-27(34)20(2)31(18-21-9-7-8-12-25(21)28)26(33)19-32(23-15-13-22(29)14-16-23)37(35,36)24-10-5-4-6-11-24/h4-16,20H,3,17-19H2,1-2H3,(H,30,34). The highest BCUT2D eigenvalue weighted by Crippen LogP contribution is 2.26. The van der Waals surface area contributed by atoms with Crippen molar-refractivity contribution in [1.29, 1.82) is 0 Å². The summed E-state index contributed by atoms with van der Waals surface area (Å²) in [7, 11) is -4.08. The zero-order valence-corrected chi connectivity index (χ0v) is 24.3. The van der Waals surface area contributed by atoms with Crippen LogP contribution in [0.1, 0.15) is 25.8 Å². The van der Waals surface area contributed by atoms with Gasteiger partial charge in [0, 0.05) is 21.7 Å². The number of benzene rings is 3. The third kappa shape index (κ3) is 7.45. The van der Waals surface area contributed by atoms with Gasteiger partial charge in [-0.2, -0.15) is 0 Å². The molecule has 0 aliphatic heterocycles. The van der Waals surface area contributed by atoms with Crippen molar-refractivity contribution in [2.24, 2.45) is 0 Å². The largest absolute Gasteiger partial charge is 0.354 e. The topological polar surface area (TPSA) is 86.8 Å². The Morgan fingerprint density at radius 1 is 0.973 bits per heavy atom. The molecule has 2 amide bonds. The molecule has 0 fully saturated rings. The number of sulfonamides is 1. The van der Waals surface area contributed by atoms with Crippen LogP contribution in [0.5, 0.6) is 0 Å². The molecule has 7 nitrogen and oxygen atoms in total. The van der Waals surface area contributed by atoms with E-state index in [1.165, 1.54) is 17.0 Å². The van der Waals surface area contributed by atoms with Crippen LogP contribution < -0.4 is 9.62 Å². The Hall–Kier alpha value is -2.63. The van der Waals surface area contributed by atoms with Crippen LogP contribution in [-0.4, -0.2) is 44.3 Å². The number of hydrogen-bond acceptors (Lipinski definition) is 4. The van der Waals surface area contributed by atoms with Crippen LogP contribution >= 0.6 is 34.2 Å². The summed E-state index contributed by atoms with van der Waals surface area (Å²) >= 11 is 8.49. The molecule has 0 saturated heterocycles. The minimum absolute atomic E-state index is 0.0468. The summed E-state index contributed by atoms with van der Waals surface area (Å²) in [5.41, 5.74) is 0.998. The summed E-state index contributed by atoms with van der Waals surface area (Å²) in [5.74, 6) is -0.855. The van der Waals surface area contributed by atoms with E-state index in [9.17, 15) is 18.0 Å². The van der Waals surface area contributed by atoms with Gasteiger partial charge < -0.3 is 10.2 Å². The van der Waals surface area contributed by atoms with E-state index >= 15 is 0 Å². The molecule has 0 saturated carbocycles. The highest BCUT2D eigenvalue weighted by molar-refractivity contribution is 14.1. The molecule has 0 aliphatic carbocycles. The molecule has 0 heterocycles. The molecule has 196 valence electrons. The molecule has 1 N–H and O–H groups in total. The van der Waals surface area contributed by atoms with Crippen molar-refractivity contribution in [1.82, 2.24) is 10.2 Å². The molecule has 3 aromatic rings. The van der Waals surface area contributed by atoms with Gasteiger partial charge in [0.2, 0.25) is 11.8 Å². The van der Waals surface area contributed by atoms with E-state index in [1.54, 1.807) is 73.7 Å². The van der Waals surface area contributed by atoms with Gasteiger partial charge in [0.05, 0.1) is 10.6 Å². The Balaban J connectivity index is 2.01. The fourth-order valence-corrected chi connectivity index (χ4v) is 5.63. The fraction of sp³-hybridized carbons (Fsp3) is 0.259. The predicted molar refractivity (Wildman–Crippen MR) is 155 cm³/mol. The average Bonchev–Trinajstić information content (AvgIpc) is 2.90. The third-order valence-electron chi connectivity index (χ3n) is 5.74. The highest BCUT2D eigenvalue weighted by atomic mass is 127. The van der Waals surface area contributed by atoms with Gasteiger partial charge in [0.25, 0.3) is 10.0 Å². The molecule has 1 atom stereocenters. The Kier molecular flexibility index (Phi) is 10.4. The summed E-state index contributed by atoms with van der Waals surface area (Å²) in [4.78, 5) is 28.1. The first-order chi connectivity index (χ1) is 17.6. The number of nitrogens with zero attached hydrogens (tertiary/aromatic N) is 2. The van der Waals surface area contributed by atoms with E-state index in [4.69, 9.17) is 11.6 Å². The smallest absolute Gasteiger partial charge is 0.264 e. The Bertz CT molecular complexity index is 1320. The van der Waals surface area contributed by atoms with Crippen molar-refractivity contribution in [3.63, 3.8) is 0 Å². The first-order valence-electron chi connectivity index (χ1n) is 11.8. The summed E-state index contributed by atoms with van der Waals surface area (Å²) in [6.45, 7) is 3.58. The number of halogens is 2. The number of carbonyl (C=O) groups is 2. The molecule has 1 unspecified atom stereocenters. The molecular weight excluding hydrogens is 625 g/mol. The Morgan fingerprint density at radius 3 is 2.22 bits per heavy atom. The van der Waals surface area contributed by atoms with Gasteiger partial charge in [-0.1, -0.05) is 54.9 Å². The number of carbonyl (C=O) groups excluding carboxylic acids is 2. The predicted octanol–water partition coefficient (Wildman–Crippen LogP) is 5.08. The molecule has 0 spiro atoms. The van der Waals surface area contributed by atoms with Crippen LogP contribution in [0.25, 0.3) is 0 Å². The van der Waals surface area contributed by atoms with Gasteiger partial charge in [-0.15, -0.1) is 0 Å². The average molecular weight is 654 g/mol. The van der Waals surface area contributed by atoms with E-state index in [2.05, 4.69) is 27.9 Å². The maximum atomic E-state index is 13.8. The summed E-state index contributed by atoms with van der Waals surface area (Å²) in [6, 6.07) is 21.0.